The Morgan fingerprint density at radius 3 is 2.65 bits per heavy atom. The van der Waals surface area contributed by atoms with Gasteiger partial charge in [0, 0.05) is 5.56 Å². The highest BCUT2D eigenvalue weighted by Crippen LogP contribution is 2.42. The van der Waals surface area contributed by atoms with Gasteiger partial charge in [0.05, 0.1) is 17.2 Å². The second-order valence-corrected chi connectivity index (χ2v) is 5.70. The third kappa shape index (κ3) is 1.67. The number of aliphatic hydroxyl groups excluding tert-OH is 2. The number of hydrogen-bond acceptors (Lipinski definition) is 5. The Morgan fingerprint density at radius 2 is 1.95 bits per heavy atom. The minimum atomic E-state index is -1.16. The zero-order valence-electron chi connectivity index (χ0n) is 11.5. The number of aliphatic hydroxyl groups is 2. The number of fused-ring (bicyclic) bond motifs is 3. The van der Waals surface area contributed by atoms with Crippen LogP contribution in [-0.2, 0) is 0 Å². The highest BCUT2D eigenvalue weighted by molar-refractivity contribution is 5.83. The van der Waals surface area contributed by atoms with Gasteiger partial charge in [-0.05, 0) is 32.9 Å². The van der Waals surface area contributed by atoms with Gasteiger partial charge in [-0.3, -0.25) is 4.79 Å². The Bertz CT molecular complexity index is 744. The zero-order chi connectivity index (χ0) is 14.7. The molecule has 0 spiro atoms. The van der Waals surface area contributed by atoms with E-state index in [0.717, 1.165) is 0 Å². The van der Waals surface area contributed by atoms with Gasteiger partial charge in [0.15, 0.2) is 5.43 Å². The monoisotopic (exact) mass is 276 g/mol. The third-order valence-electron chi connectivity index (χ3n) is 3.79. The Balaban J connectivity index is 2.35. The van der Waals surface area contributed by atoms with E-state index in [1.807, 2.05) is 0 Å². The average Bonchev–Trinajstić information content (AvgIpc) is 2.39. The highest BCUT2D eigenvalue weighted by Gasteiger charge is 2.43. The Morgan fingerprint density at radius 1 is 1.25 bits per heavy atom. The van der Waals surface area contributed by atoms with E-state index in [1.165, 1.54) is 6.26 Å². The molecule has 2 N–H and O–H groups in total. The first kappa shape index (κ1) is 13.1. The molecule has 20 heavy (non-hydrogen) atoms. The molecule has 1 aromatic heterocycles. The number of ether oxygens (including phenoxy) is 1. The van der Waals surface area contributed by atoms with Crippen LogP contribution in [0.1, 0.15) is 31.1 Å². The van der Waals surface area contributed by atoms with Crippen molar-refractivity contribution in [3.05, 3.63) is 39.7 Å². The van der Waals surface area contributed by atoms with Crippen LogP contribution < -0.4 is 10.2 Å². The molecule has 5 heteroatoms. The minimum absolute atomic E-state index is 0.152. The van der Waals surface area contributed by atoms with E-state index in [-0.39, 0.29) is 11.0 Å². The molecule has 2 aromatic rings. The van der Waals surface area contributed by atoms with Crippen molar-refractivity contribution in [2.24, 2.45) is 0 Å². The van der Waals surface area contributed by atoms with Crippen molar-refractivity contribution in [3.63, 3.8) is 0 Å². The van der Waals surface area contributed by atoms with Gasteiger partial charge in [-0.25, -0.2) is 0 Å². The van der Waals surface area contributed by atoms with E-state index < -0.39 is 17.8 Å². The van der Waals surface area contributed by atoms with E-state index >= 15 is 0 Å². The summed E-state index contributed by atoms with van der Waals surface area (Å²) in [5.41, 5.74) is 0.0159. The second kappa shape index (κ2) is 4.07. The first-order valence-corrected chi connectivity index (χ1v) is 6.43. The van der Waals surface area contributed by atoms with Gasteiger partial charge in [0.25, 0.3) is 0 Å². The minimum Gasteiger partial charge on any atom is -0.485 e. The van der Waals surface area contributed by atoms with Gasteiger partial charge >= 0.3 is 0 Å². The predicted molar refractivity (Wildman–Crippen MR) is 72.9 cm³/mol. The fraction of sp³-hybridized carbons (Fsp3) is 0.400. The van der Waals surface area contributed by atoms with Crippen LogP contribution >= 0.6 is 0 Å². The molecule has 1 aliphatic heterocycles. The fourth-order valence-electron chi connectivity index (χ4n) is 2.55. The van der Waals surface area contributed by atoms with Crippen molar-refractivity contribution in [1.29, 1.82) is 0 Å². The number of hydrogen-bond donors (Lipinski definition) is 2. The summed E-state index contributed by atoms with van der Waals surface area (Å²) in [6.45, 7) is 5.05. The van der Waals surface area contributed by atoms with Crippen molar-refractivity contribution < 1.29 is 19.4 Å². The normalized spacial score (nSPS) is 24.2. The molecular weight excluding hydrogens is 260 g/mol. The molecule has 0 aliphatic carbocycles. The summed E-state index contributed by atoms with van der Waals surface area (Å²) in [5.74, 6) is 0.423. The lowest BCUT2D eigenvalue weighted by molar-refractivity contribution is -0.111. The summed E-state index contributed by atoms with van der Waals surface area (Å²) >= 11 is 0. The average molecular weight is 276 g/mol. The molecule has 1 aromatic carbocycles. The molecule has 0 bridgehead atoms. The van der Waals surface area contributed by atoms with Gasteiger partial charge < -0.3 is 19.4 Å². The summed E-state index contributed by atoms with van der Waals surface area (Å²) in [5, 5.41) is 20.8. The van der Waals surface area contributed by atoms with E-state index in [9.17, 15) is 15.0 Å². The van der Waals surface area contributed by atoms with Crippen LogP contribution in [0.25, 0.3) is 11.0 Å². The van der Waals surface area contributed by atoms with Crippen LogP contribution in [0.3, 0.4) is 0 Å². The predicted octanol–water partition coefficient (Wildman–Crippen LogP) is 1.67. The van der Waals surface area contributed by atoms with E-state index in [2.05, 4.69) is 0 Å². The van der Waals surface area contributed by atoms with Crippen molar-refractivity contribution in [2.45, 2.75) is 38.6 Å². The van der Waals surface area contributed by atoms with Crippen LogP contribution in [0.15, 0.2) is 27.6 Å². The van der Waals surface area contributed by atoms with Crippen LogP contribution in [0, 0.1) is 6.92 Å². The Kier molecular flexibility index (Phi) is 2.68. The maximum absolute atomic E-state index is 12.1. The lowest BCUT2D eigenvalue weighted by atomic mass is 9.87. The molecule has 0 fully saturated rings. The molecule has 5 nitrogen and oxygen atoms in total. The maximum Gasteiger partial charge on any atom is 0.195 e. The zero-order valence-corrected chi connectivity index (χ0v) is 11.5. The summed E-state index contributed by atoms with van der Waals surface area (Å²) in [6.07, 6.45) is -0.917. The second-order valence-electron chi connectivity index (χ2n) is 5.70. The van der Waals surface area contributed by atoms with Crippen LogP contribution in [0.2, 0.25) is 0 Å². The van der Waals surface area contributed by atoms with Crippen molar-refractivity contribution in [1.82, 2.24) is 0 Å². The van der Waals surface area contributed by atoms with Gasteiger partial charge in [-0.2, -0.15) is 0 Å². The van der Waals surface area contributed by atoms with Crippen LogP contribution in [0.4, 0.5) is 0 Å². The first-order valence-electron chi connectivity index (χ1n) is 6.43. The molecule has 2 heterocycles. The smallest absolute Gasteiger partial charge is 0.195 e. The van der Waals surface area contributed by atoms with Gasteiger partial charge in [0.2, 0.25) is 0 Å². The molecule has 3 rings (SSSR count). The van der Waals surface area contributed by atoms with E-state index in [0.29, 0.717) is 22.3 Å². The topological polar surface area (TPSA) is 79.9 Å². The number of aryl methyl sites for hydroxylation is 1. The molecule has 1 aliphatic rings. The highest BCUT2D eigenvalue weighted by atomic mass is 16.5. The summed E-state index contributed by atoms with van der Waals surface area (Å²) in [6, 6.07) is 3.25. The molecule has 0 saturated carbocycles. The molecular formula is C15H16O5. The number of rotatable bonds is 0. The van der Waals surface area contributed by atoms with E-state index in [1.54, 1.807) is 32.9 Å². The largest absolute Gasteiger partial charge is 0.485 e. The summed E-state index contributed by atoms with van der Waals surface area (Å²) in [4.78, 5) is 12.1. The third-order valence-corrected chi connectivity index (χ3v) is 3.79. The quantitative estimate of drug-likeness (QED) is 0.765. The molecule has 0 amide bonds. The molecule has 2 atom stereocenters. The Labute approximate surface area is 115 Å². The first-order chi connectivity index (χ1) is 9.33. The lowest BCUT2D eigenvalue weighted by Gasteiger charge is -2.39. The van der Waals surface area contributed by atoms with E-state index in [4.69, 9.17) is 9.15 Å². The molecule has 106 valence electrons. The molecule has 0 radical (unpaired) electrons. The standard InChI is InChI=1S/C15H16O5/c1-7-6-19-13-8(11(7)16)4-5-9-10(13)12(17)14(18)15(2,3)20-9/h4-6,12,14,17-18H,1-3H3/t12-,14-/m1/s1. The van der Waals surface area contributed by atoms with Crippen molar-refractivity contribution in [3.8, 4) is 5.75 Å². The van der Waals surface area contributed by atoms with Gasteiger partial charge in [-0.15, -0.1) is 0 Å². The lowest BCUT2D eigenvalue weighted by Crippen LogP contribution is -2.48. The Hall–Kier alpha value is -1.85. The van der Waals surface area contributed by atoms with Crippen LogP contribution in [0.5, 0.6) is 5.75 Å². The van der Waals surface area contributed by atoms with Gasteiger partial charge in [0.1, 0.15) is 29.1 Å². The number of benzene rings is 1. The van der Waals surface area contributed by atoms with Crippen molar-refractivity contribution >= 4 is 11.0 Å². The fourth-order valence-corrected chi connectivity index (χ4v) is 2.55. The molecule has 0 unspecified atom stereocenters. The summed E-state index contributed by atoms with van der Waals surface area (Å²) in [7, 11) is 0. The van der Waals surface area contributed by atoms with Gasteiger partial charge in [-0.1, -0.05) is 0 Å². The van der Waals surface area contributed by atoms with Crippen molar-refractivity contribution in [2.75, 3.05) is 0 Å². The maximum atomic E-state index is 12.1. The molecule has 0 saturated heterocycles. The SMILES string of the molecule is Cc1coc2c3c(ccc2c1=O)OC(C)(C)[C@H](O)[C@@H]3O. The summed E-state index contributed by atoms with van der Waals surface area (Å²) < 4.78 is 11.2. The van der Waals surface area contributed by atoms with Crippen LogP contribution in [-0.4, -0.2) is 21.9 Å².